The van der Waals surface area contributed by atoms with Gasteiger partial charge >= 0.3 is 0 Å². The number of halogens is 1. The Morgan fingerprint density at radius 2 is 2.11 bits per heavy atom. The number of tetrazole rings is 1. The fourth-order valence-electron chi connectivity index (χ4n) is 4.86. The van der Waals surface area contributed by atoms with Gasteiger partial charge in [0.2, 0.25) is 0 Å². The highest BCUT2D eigenvalue weighted by Crippen LogP contribution is 2.29. The number of H-pyrrole nitrogens is 2. The van der Waals surface area contributed by atoms with Crippen molar-refractivity contribution in [3.8, 4) is 0 Å². The van der Waals surface area contributed by atoms with E-state index < -0.39 is 16.1 Å². The number of amides is 1. The van der Waals surface area contributed by atoms with Gasteiger partial charge in [-0.1, -0.05) is 16.8 Å². The van der Waals surface area contributed by atoms with E-state index in [1.165, 1.54) is 15.6 Å². The van der Waals surface area contributed by atoms with E-state index in [2.05, 4.69) is 35.5 Å². The predicted molar refractivity (Wildman–Crippen MR) is 137 cm³/mol. The third-order valence-electron chi connectivity index (χ3n) is 6.79. The molecule has 3 aromatic heterocycles. The van der Waals surface area contributed by atoms with Gasteiger partial charge in [-0.3, -0.25) is 4.79 Å². The van der Waals surface area contributed by atoms with Gasteiger partial charge in [-0.2, -0.15) is 9.52 Å². The van der Waals surface area contributed by atoms with Crippen LogP contribution in [0.1, 0.15) is 26.2 Å². The average Bonchev–Trinajstić information content (AvgIpc) is 3.63. The molecule has 1 atom stereocenters. The number of carbonyl (C=O) groups excluding carboxylic acids is 1. The van der Waals surface area contributed by atoms with Gasteiger partial charge in [0.1, 0.15) is 5.03 Å². The molecule has 1 amide bonds. The van der Waals surface area contributed by atoms with E-state index in [0.717, 1.165) is 30.1 Å². The van der Waals surface area contributed by atoms with Crippen LogP contribution in [0.4, 0.5) is 0 Å². The third-order valence-corrected chi connectivity index (χ3v) is 9.89. The first-order valence-electron chi connectivity index (χ1n) is 11.8. The van der Waals surface area contributed by atoms with Gasteiger partial charge in [0.15, 0.2) is 10.8 Å². The van der Waals surface area contributed by atoms with Crippen molar-refractivity contribution in [1.29, 1.82) is 0 Å². The highest BCUT2D eigenvalue weighted by Gasteiger charge is 2.39. The molecule has 0 bridgehead atoms. The number of hydrogen-bond acceptors (Lipinski definition) is 9. The molecule has 4 aromatic rings. The molecule has 2 aliphatic heterocycles. The van der Waals surface area contributed by atoms with Gasteiger partial charge in [-0.15, -0.1) is 21.5 Å². The Morgan fingerprint density at radius 1 is 1.24 bits per heavy atom. The SMILES string of the molecule is CN1CCc2nc(C(=O)N3CCN(S(=O)(=O)c4cc5cc(Cl)ccc5[nH]4)CC3Cc3nn[nH]n3)sc2C1. The fraction of sp³-hybridized carbons (Fsp3) is 0.409. The molecular formula is C22H24ClN9O3S2. The van der Waals surface area contributed by atoms with Crippen molar-refractivity contribution in [3.63, 3.8) is 0 Å². The van der Waals surface area contributed by atoms with Gasteiger partial charge < -0.3 is 14.8 Å². The zero-order chi connectivity index (χ0) is 25.7. The van der Waals surface area contributed by atoms with Crippen LogP contribution < -0.4 is 0 Å². The molecule has 1 unspecified atom stereocenters. The quantitative estimate of drug-likeness (QED) is 0.373. The van der Waals surface area contributed by atoms with Crippen molar-refractivity contribution >= 4 is 49.8 Å². The number of likely N-dealkylation sites (N-methyl/N-ethyl adjacent to an activating group) is 1. The van der Waals surface area contributed by atoms with Gasteiger partial charge in [0.25, 0.3) is 15.9 Å². The lowest BCUT2D eigenvalue weighted by Gasteiger charge is -2.39. The van der Waals surface area contributed by atoms with Gasteiger partial charge in [0.05, 0.1) is 11.7 Å². The van der Waals surface area contributed by atoms with E-state index in [1.54, 1.807) is 29.2 Å². The Kier molecular flexibility index (Phi) is 6.23. The predicted octanol–water partition coefficient (Wildman–Crippen LogP) is 1.54. The highest BCUT2D eigenvalue weighted by molar-refractivity contribution is 7.89. The molecule has 0 radical (unpaired) electrons. The summed E-state index contributed by atoms with van der Waals surface area (Å²) in [7, 11) is -1.81. The summed E-state index contributed by atoms with van der Waals surface area (Å²) in [5.74, 6) is 0.204. The standard InChI is InChI=1S/C22H24ClN9O3S2/c1-30-5-4-17-18(12-30)36-21(25-17)22(33)32-7-6-31(11-15(32)10-19-26-28-29-27-19)37(34,35)20-9-13-8-14(23)2-3-16(13)24-20/h2-3,8-9,15,24H,4-7,10-12H2,1H3,(H,26,27,28,29). The summed E-state index contributed by atoms with van der Waals surface area (Å²) in [4.78, 5) is 26.3. The van der Waals surface area contributed by atoms with Crippen LogP contribution in [0.2, 0.25) is 5.02 Å². The maximum absolute atomic E-state index is 13.6. The lowest BCUT2D eigenvalue weighted by Crippen LogP contribution is -2.57. The minimum absolute atomic E-state index is 0.0829. The normalized spacial score (nSPS) is 19.4. The molecule has 12 nitrogen and oxygen atoms in total. The molecule has 37 heavy (non-hydrogen) atoms. The summed E-state index contributed by atoms with van der Waals surface area (Å²) >= 11 is 7.49. The highest BCUT2D eigenvalue weighted by atomic mass is 35.5. The molecule has 2 N–H and O–H groups in total. The summed E-state index contributed by atoms with van der Waals surface area (Å²) in [6, 6.07) is 6.26. The summed E-state index contributed by atoms with van der Waals surface area (Å²) in [6.45, 7) is 2.14. The van der Waals surface area contributed by atoms with Gasteiger partial charge in [-0.05, 0) is 31.3 Å². The van der Waals surface area contributed by atoms with Crippen LogP contribution >= 0.6 is 22.9 Å². The molecule has 6 rings (SSSR count). The number of carbonyl (C=O) groups is 1. The Bertz CT molecular complexity index is 1570. The van der Waals surface area contributed by atoms with Crippen LogP contribution in [0, 0.1) is 0 Å². The second-order valence-corrected chi connectivity index (χ2v) is 12.7. The molecule has 15 heteroatoms. The Balaban J connectivity index is 1.28. The number of aromatic amines is 2. The lowest BCUT2D eigenvalue weighted by atomic mass is 10.1. The number of nitrogens with one attached hydrogen (secondary N) is 2. The van der Waals surface area contributed by atoms with Crippen LogP contribution in [0.25, 0.3) is 10.9 Å². The average molecular weight is 562 g/mol. The van der Waals surface area contributed by atoms with Crippen LogP contribution in [-0.2, 0) is 29.4 Å². The topological polar surface area (TPSA) is 144 Å². The Labute approximate surface area is 221 Å². The summed E-state index contributed by atoms with van der Waals surface area (Å²) in [5, 5.41) is 15.8. The van der Waals surface area contributed by atoms with E-state index in [9.17, 15) is 13.2 Å². The van der Waals surface area contributed by atoms with E-state index in [1.807, 2.05) is 7.05 Å². The van der Waals surface area contributed by atoms with Gasteiger partial charge in [0, 0.05) is 66.4 Å². The first-order chi connectivity index (χ1) is 17.8. The third kappa shape index (κ3) is 4.63. The summed E-state index contributed by atoms with van der Waals surface area (Å²) in [6.07, 6.45) is 1.06. The number of aromatic nitrogens is 6. The van der Waals surface area contributed by atoms with Crippen molar-refractivity contribution in [2.75, 3.05) is 33.2 Å². The number of fused-ring (bicyclic) bond motifs is 2. The van der Waals surface area contributed by atoms with E-state index >= 15 is 0 Å². The molecule has 0 spiro atoms. The zero-order valence-electron chi connectivity index (χ0n) is 19.9. The number of piperazine rings is 1. The van der Waals surface area contributed by atoms with Crippen LogP contribution in [0.5, 0.6) is 0 Å². The summed E-state index contributed by atoms with van der Waals surface area (Å²) < 4.78 is 28.6. The molecule has 1 fully saturated rings. The number of sulfonamides is 1. The number of thiazole rings is 1. The van der Waals surface area contributed by atoms with Crippen LogP contribution in [-0.4, -0.2) is 98.3 Å². The van der Waals surface area contributed by atoms with E-state index in [4.69, 9.17) is 11.6 Å². The smallest absolute Gasteiger partial charge is 0.283 e. The van der Waals surface area contributed by atoms with Crippen molar-refractivity contribution in [3.05, 3.63) is 50.7 Å². The second-order valence-electron chi connectivity index (χ2n) is 9.29. The zero-order valence-corrected chi connectivity index (χ0v) is 22.3. The molecule has 0 saturated carbocycles. The van der Waals surface area contributed by atoms with E-state index in [-0.39, 0.29) is 37.0 Å². The maximum Gasteiger partial charge on any atom is 0.283 e. The lowest BCUT2D eigenvalue weighted by molar-refractivity contribution is 0.0561. The van der Waals surface area contributed by atoms with Crippen molar-refractivity contribution in [2.45, 2.75) is 30.5 Å². The van der Waals surface area contributed by atoms with Crippen LogP contribution in [0.15, 0.2) is 29.3 Å². The maximum atomic E-state index is 13.6. The number of benzene rings is 1. The number of rotatable bonds is 5. The first-order valence-corrected chi connectivity index (χ1v) is 14.4. The molecule has 0 aliphatic carbocycles. The van der Waals surface area contributed by atoms with Crippen molar-refractivity contribution in [2.24, 2.45) is 0 Å². The van der Waals surface area contributed by atoms with Crippen LogP contribution in [0.3, 0.4) is 0 Å². The summed E-state index contributed by atoms with van der Waals surface area (Å²) in [5.41, 5.74) is 1.65. The first kappa shape index (κ1) is 24.4. The minimum atomic E-state index is -3.86. The molecule has 5 heterocycles. The molecule has 1 saturated heterocycles. The number of nitrogens with zero attached hydrogens (tertiary/aromatic N) is 7. The Hall–Kier alpha value is -2.91. The number of hydrogen-bond donors (Lipinski definition) is 2. The second kappa shape index (κ2) is 9.44. The van der Waals surface area contributed by atoms with E-state index in [0.29, 0.717) is 26.8 Å². The monoisotopic (exact) mass is 561 g/mol. The largest absolute Gasteiger partial charge is 0.345 e. The molecular weight excluding hydrogens is 538 g/mol. The molecule has 194 valence electrons. The van der Waals surface area contributed by atoms with Gasteiger partial charge in [-0.25, -0.2) is 13.4 Å². The minimum Gasteiger partial charge on any atom is -0.345 e. The van der Waals surface area contributed by atoms with Crippen molar-refractivity contribution in [1.82, 2.24) is 44.7 Å². The van der Waals surface area contributed by atoms with Crippen molar-refractivity contribution < 1.29 is 13.2 Å². The molecule has 1 aromatic carbocycles. The fourth-order valence-corrected chi connectivity index (χ4v) is 7.67. The Morgan fingerprint density at radius 3 is 2.92 bits per heavy atom. The molecule has 2 aliphatic rings.